The maximum atomic E-state index is 11.9. The molecule has 1 N–H and O–H groups in total. The van der Waals surface area contributed by atoms with E-state index in [0.717, 1.165) is 0 Å². The fraction of sp³-hybridized carbons (Fsp3) is 0.900. The zero-order chi connectivity index (χ0) is 12.6. The third kappa shape index (κ3) is 2.95. The molecule has 0 bridgehead atoms. The first-order valence-electron chi connectivity index (χ1n) is 5.24. The summed E-state index contributed by atoms with van der Waals surface area (Å²) in [6.45, 7) is 4.89. The highest BCUT2D eigenvalue weighted by Crippen LogP contribution is 2.25. The maximum Gasteiger partial charge on any atom is 0.332 e. The van der Waals surface area contributed by atoms with Crippen LogP contribution >= 0.6 is 0 Å². The molecule has 0 aromatic heterocycles. The first kappa shape index (κ1) is 13.4. The van der Waals surface area contributed by atoms with Crippen LogP contribution < -0.4 is 0 Å². The van der Waals surface area contributed by atoms with Crippen molar-refractivity contribution in [1.82, 2.24) is 0 Å². The van der Waals surface area contributed by atoms with Gasteiger partial charge in [0, 0.05) is 0 Å². The van der Waals surface area contributed by atoms with Crippen LogP contribution in [0.25, 0.3) is 0 Å². The quantitative estimate of drug-likeness (QED) is 0.802. The zero-order valence-electron chi connectivity index (χ0n) is 9.76. The number of rotatable bonds is 3. The highest BCUT2D eigenvalue weighted by atomic mass is 32.2. The Balaban J connectivity index is 2.62. The number of hydrogen-bond acceptors (Lipinski definition) is 4. The molecule has 94 valence electrons. The van der Waals surface area contributed by atoms with Crippen molar-refractivity contribution in [3.8, 4) is 0 Å². The Morgan fingerprint density at radius 3 is 2.31 bits per heavy atom. The molecule has 6 heteroatoms. The van der Waals surface area contributed by atoms with Gasteiger partial charge in [-0.15, -0.1) is 0 Å². The lowest BCUT2D eigenvalue weighted by Crippen LogP contribution is -2.35. The molecule has 1 aliphatic rings. The summed E-state index contributed by atoms with van der Waals surface area (Å²) in [4.78, 5) is 10.6. The van der Waals surface area contributed by atoms with Crippen LogP contribution in [-0.2, 0) is 19.4 Å². The van der Waals surface area contributed by atoms with Crippen molar-refractivity contribution >= 4 is 15.8 Å². The van der Waals surface area contributed by atoms with Gasteiger partial charge >= 0.3 is 5.97 Å². The molecular weight excluding hydrogens is 232 g/mol. The fourth-order valence-corrected chi connectivity index (χ4v) is 2.74. The number of hydrogen-bond donors (Lipinski definition) is 1. The highest BCUT2D eigenvalue weighted by molar-refractivity contribution is 7.92. The minimum Gasteiger partial charge on any atom is -0.479 e. The minimum atomic E-state index is -3.25. The molecule has 1 fully saturated rings. The fourth-order valence-electron chi connectivity index (χ4n) is 1.50. The lowest BCUT2D eigenvalue weighted by molar-refractivity contribution is -0.148. The maximum absolute atomic E-state index is 11.9. The smallest absolute Gasteiger partial charge is 0.332 e. The van der Waals surface area contributed by atoms with Gasteiger partial charge in [-0.05, 0) is 33.6 Å². The molecule has 0 radical (unpaired) electrons. The van der Waals surface area contributed by atoms with E-state index in [1.165, 1.54) is 0 Å². The van der Waals surface area contributed by atoms with E-state index in [9.17, 15) is 13.2 Å². The third-order valence-electron chi connectivity index (χ3n) is 2.72. The van der Waals surface area contributed by atoms with E-state index >= 15 is 0 Å². The number of carbonyl (C=O) groups is 1. The van der Waals surface area contributed by atoms with Gasteiger partial charge in [-0.1, -0.05) is 0 Å². The van der Waals surface area contributed by atoms with E-state index in [1.54, 1.807) is 20.8 Å². The predicted octanol–water partition coefficient (Wildman–Crippen LogP) is 0.832. The lowest BCUT2D eigenvalue weighted by atomic mass is 10.2. The Morgan fingerprint density at radius 1 is 1.38 bits per heavy atom. The summed E-state index contributed by atoms with van der Waals surface area (Å²) in [5.74, 6) is -1.11. The summed E-state index contributed by atoms with van der Waals surface area (Å²) in [5, 5.41) is 8.71. The van der Waals surface area contributed by atoms with Crippen LogP contribution in [0.3, 0.4) is 0 Å². The van der Waals surface area contributed by atoms with Gasteiger partial charge in [-0.2, -0.15) is 0 Å². The largest absolute Gasteiger partial charge is 0.479 e. The molecule has 2 unspecified atom stereocenters. The minimum absolute atomic E-state index is 0.0969. The summed E-state index contributed by atoms with van der Waals surface area (Å²) < 4.78 is 28.1. The van der Waals surface area contributed by atoms with Crippen molar-refractivity contribution in [2.45, 2.75) is 50.6 Å². The van der Waals surface area contributed by atoms with E-state index in [2.05, 4.69) is 0 Å². The van der Waals surface area contributed by atoms with Crippen LogP contribution in [0.15, 0.2) is 0 Å². The molecule has 5 nitrogen and oxygen atoms in total. The first-order chi connectivity index (χ1) is 7.13. The van der Waals surface area contributed by atoms with Crippen molar-refractivity contribution in [2.75, 3.05) is 5.75 Å². The molecule has 0 saturated carbocycles. The molecule has 1 heterocycles. The average molecular weight is 250 g/mol. The standard InChI is InChI=1S/C10H18O5S/c1-10(2,3)16(13,14)6-7-4-5-8(15-7)9(11)12/h7-8H,4-6H2,1-3H3,(H,11,12). The van der Waals surface area contributed by atoms with Gasteiger partial charge in [0.15, 0.2) is 15.9 Å². The molecule has 0 aliphatic carbocycles. The van der Waals surface area contributed by atoms with Gasteiger partial charge in [0.05, 0.1) is 16.6 Å². The topological polar surface area (TPSA) is 80.7 Å². The van der Waals surface area contributed by atoms with Gasteiger partial charge < -0.3 is 9.84 Å². The summed E-state index contributed by atoms with van der Waals surface area (Å²) in [6.07, 6.45) is -0.447. The number of ether oxygens (including phenoxy) is 1. The molecular formula is C10H18O5S. The van der Waals surface area contributed by atoms with Crippen molar-refractivity contribution < 1.29 is 23.1 Å². The first-order valence-corrected chi connectivity index (χ1v) is 6.89. The average Bonchev–Trinajstić information content (AvgIpc) is 2.49. The Labute approximate surface area is 95.7 Å². The molecule has 2 atom stereocenters. The van der Waals surface area contributed by atoms with Gasteiger partial charge in [0.25, 0.3) is 0 Å². The molecule has 0 aromatic rings. The van der Waals surface area contributed by atoms with Crippen molar-refractivity contribution in [3.05, 3.63) is 0 Å². The number of carboxylic acid groups (broad SMARTS) is 1. The summed E-state index contributed by atoms with van der Waals surface area (Å²) >= 11 is 0. The SMILES string of the molecule is CC(C)(C)S(=O)(=O)CC1CCC(C(=O)O)O1. The Hall–Kier alpha value is -0.620. The van der Waals surface area contributed by atoms with E-state index in [-0.39, 0.29) is 5.75 Å². The van der Waals surface area contributed by atoms with Gasteiger partial charge in [0.1, 0.15) is 0 Å². The van der Waals surface area contributed by atoms with Crippen LogP contribution in [0.5, 0.6) is 0 Å². The summed E-state index contributed by atoms with van der Waals surface area (Å²) in [5.41, 5.74) is 0. The Kier molecular flexibility index (Phi) is 3.64. The van der Waals surface area contributed by atoms with Crippen LogP contribution in [0.2, 0.25) is 0 Å². The number of aliphatic carboxylic acids is 1. The molecule has 0 aromatic carbocycles. The second-order valence-electron chi connectivity index (χ2n) is 5.06. The predicted molar refractivity (Wildman–Crippen MR) is 59.1 cm³/mol. The second kappa shape index (κ2) is 4.33. The van der Waals surface area contributed by atoms with Gasteiger partial charge in [-0.25, -0.2) is 13.2 Å². The van der Waals surface area contributed by atoms with Crippen LogP contribution in [-0.4, -0.2) is 42.2 Å². The molecule has 1 rings (SSSR count). The molecule has 1 saturated heterocycles. The molecule has 16 heavy (non-hydrogen) atoms. The monoisotopic (exact) mass is 250 g/mol. The van der Waals surface area contributed by atoms with Crippen molar-refractivity contribution in [3.63, 3.8) is 0 Å². The normalized spacial score (nSPS) is 26.9. The second-order valence-corrected chi connectivity index (χ2v) is 7.84. The zero-order valence-corrected chi connectivity index (χ0v) is 10.6. The summed E-state index contributed by atoms with van der Waals surface area (Å²) in [6, 6.07) is 0. The van der Waals surface area contributed by atoms with E-state index in [0.29, 0.717) is 12.8 Å². The Morgan fingerprint density at radius 2 is 1.94 bits per heavy atom. The Bertz CT molecular complexity index is 365. The van der Waals surface area contributed by atoms with Crippen molar-refractivity contribution in [1.29, 1.82) is 0 Å². The number of sulfone groups is 1. The van der Waals surface area contributed by atoms with Crippen molar-refractivity contribution in [2.24, 2.45) is 0 Å². The van der Waals surface area contributed by atoms with E-state index < -0.39 is 32.8 Å². The summed E-state index contributed by atoms with van der Waals surface area (Å²) in [7, 11) is -3.25. The van der Waals surface area contributed by atoms with Crippen LogP contribution in [0, 0.1) is 0 Å². The van der Waals surface area contributed by atoms with E-state index in [4.69, 9.17) is 9.84 Å². The molecule has 1 aliphatic heterocycles. The van der Waals surface area contributed by atoms with E-state index in [1.807, 2.05) is 0 Å². The molecule has 0 amide bonds. The lowest BCUT2D eigenvalue weighted by Gasteiger charge is -2.21. The van der Waals surface area contributed by atoms with Crippen LogP contribution in [0.1, 0.15) is 33.6 Å². The van der Waals surface area contributed by atoms with Crippen LogP contribution in [0.4, 0.5) is 0 Å². The highest BCUT2D eigenvalue weighted by Gasteiger charge is 2.37. The molecule has 0 spiro atoms. The third-order valence-corrected chi connectivity index (χ3v) is 5.40. The van der Waals surface area contributed by atoms with Gasteiger partial charge in [-0.3, -0.25) is 0 Å². The number of carboxylic acids is 1. The van der Waals surface area contributed by atoms with Gasteiger partial charge in [0.2, 0.25) is 0 Å².